The first-order chi connectivity index (χ1) is 8.61. The summed E-state index contributed by atoms with van der Waals surface area (Å²) in [5, 5.41) is 4.60. The molecule has 1 heterocycles. The van der Waals surface area contributed by atoms with E-state index in [0.29, 0.717) is 0 Å². The smallest absolute Gasteiger partial charge is 0.0746 e. The minimum Gasteiger partial charge on any atom is -0.377 e. The summed E-state index contributed by atoms with van der Waals surface area (Å²) in [5.41, 5.74) is 2.18. The van der Waals surface area contributed by atoms with E-state index in [4.69, 9.17) is 4.74 Å². The Labute approximate surface area is 108 Å². The molecule has 0 aliphatic carbocycles. The largest absolute Gasteiger partial charge is 0.377 e. The Hall–Kier alpha value is -1.45. The fraction of sp³-hybridized carbons (Fsp3) is 0.400. The van der Waals surface area contributed by atoms with Crippen LogP contribution in [0.4, 0.5) is 0 Å². The lowest BCUT2D eigenvalue weighted by molar-refractivity contribution is 0.0231. The maximum atomic E-state index is 5.37. The summed E-state index contributed by atoms with van der Waals surface area (Å²) >= 11 is 0. The molecule has 0 unspecified atom stereocenters. The van der Waals surface area contributed by atoms with Gasteiger partial charge >= 0.3 is 0 Å². The molecule has 0 spiro atoms. The molecule has 1 aromatic carbocycles. The van der Waals surface area contributed by atoms with Gasteiger partial charge in [-0.3, -0.25) is 4.98 Å². The summed E-state index contributed by atoms with van der Waals surface area (Å²) in [6, 6.07) is 10.4. The third-order valence-electron chi connectivity index (χ3n) is 3.10. The Kier molecular flexibility index (Phi) is 3.94. The molecule has 3 nitrogen and oxygen atoms in total. The minimum atomic E-state index is -0.127. The van der Waals surface area contributed by atoms with Gasteiger partial charge in [-0.1, -0.05) is 12.1 Å². The molecule has 18 heavy (non-hydrogen) atoms. The molecule has 0 amide bonds. The van der Waals surface area contributed by atoms with Gasteiger partial charge in [0.2, 0.25) is 0 Å². The highest BCUT2D eigenvalue weighted by molar-refractivity contribution is 5.78. The lowest BCUT2D eigenvalue weighted by Gasteiger charge is -2.23. The number of hydrogen-bond donors (Lipinski definition) is 1. The van der Waals surface area contributed by atoms with Crippen LogP contribution in [0.1, 0.15) is 19.4 Å². The van der Waals surface area contributed by atoms with Gasteiger partial charge in [-0.25, -0.2) is 0 Å². The van der Waals surface area contributed by atoms with Crippen LogP contribution in [-0.2, 0) is 11.3 Å². The SMILES string of the molecule is COC(C)(C)CNCc1ccc2ncccc2c1. The molecule has 1 N–H and O–H groups in total. The molecular formula is C15H20N2O. The lowest BCUT2D eigenvalue weighted by atomic mass is 10.1. The van der Waals surface area contributed by atoms with Gasteiger partial charge < -0.3 is 10.1 Å². The van der Waals surface area contributed by atoms with E-state index in [0.717, 1.165) is 18.6 Å². The molecule has 0 atom stereocenters. The standard InChI is InChI=1S/C15H20N2O/c1-15(2,18-3)11-16-10-12-6-7-14-13(9-12)5-4-8-17-14/h4-9,16H,10-11H2,1-3H3. The van der Waals surface area contributed by atoms with Gasteiger partial charge in [-0.15, -0.1) is 0 Å². The van der Waals surface area contributed by atoms with Crippen molar-refractivity contribution in [3.8, 4) is 0 Å². The summed E-state index contributed by atoms with van der Waals surface area (Å²) in [6.07, 6.45) is 1.82. The predicted octanol–water partition coefficient (Wildman–Crippen LogP) is 2.75. The Morgan fingerprint density at radius 3 is 2.89 bits per heavy atom. The molecule has 0 saturated carbocycles. The Morgan fingerprint density at radius 1 is 1.28 bits per heavy atom. The number of fused-ring (bicyclic) bond motifs is 1. The number of methoxy groups -OCH3 is 1. The number of pyridine rings is 1. The van der Waals surface area contributed by atoms with Crippen molar-refractivity contribution in [2.75, 3.05) is 13.7 Å². The number of benzene rings is 1. The molecule has 0 saturated heterocycles. The molecule has 1 aromatic heterocycles. The van der Waals surface area contributed by atoms with Crippen molar-refractivity contribution in [2.45, 2.75) is 26.0 Å². The topological polar surface area (TPSA) is 34.1 Å². The summed E-state index contributed by atoms with van der Waals surface area (Å²) < 4.78 is 5.37. The van der Waals surface area contributed by atoms with Gasteiger partial charge in [0.25, 0.3) is 0 Å². The second-order valence-corrected chi connectivity index (χ2v) is 5.10. The Morgan fingerprint density at radius 2 is 2.11 bits per heavy atom. The monoisotopic (exact) mass is 244 g/mol. The molecule has 96 valence electrons. The molecular weight excluding hydrogens is 224 g/mol. The fourth-order valence-corrected chi connectivity index (χ4v) is 1.82. The van der Waals surface area contributed by atoms with Crippen LogP contribution in [0.25, 0.3) is 10.9 Å². The maximum Gasteiger partial charge on any atom is 0.0746 e. The minimum absolute atomic E-state index is 0.127. The van der Waals surface area contributed by atoms with E-state index in [1.807, 2.05) is 12.3 Å². The van der Waals surface area contributed by atoms with Crippen LogP contribution in [0.3, 0.4) is 0 Å². The Bertz CT molecular complexity index is 523. The van der Waals surface area contributed by atoms with Crippen LogP contribution in [0.5, 0.6) is 0 Å². The van der Waals surface area contributed by atoms with Crippen molar-refractivity contribution in [1.29, 1.82) is 0 Å². The predicted molar refractivity (Wildman–Crippen MR) is 74.5 cm³/mol. The van der Waals surface area contributed by atoms with Crippen LogP contribution in [-0.4, -0.2) is 24.2 Å². The zero-order valence-corrected chi connectivity index (χ0v) is 11.2. The molecule has 0 radical (unpaired) electrons. The maximum absolute atomic E-state index is 5.37. The highest BCUT2D eigenvalue weighted by Gasteiger charge is 2.14. The van der Waals surface area contributed by atoms with E-state index in [1.165, 1.54) is 10.9 Å². The first kappa shape index (κ1) is 13.0. The summed E-state index contributed by atoms with van der Waals surface area (Å²) in [7, 11) is 1.74. The van der Waals surface area contributed by atoms with Gasteiger partial charge in [0, 0.05) is 31.8 Å². The average molecular weight is 244 g/mol. The first-order valence-electron chi connectivity index (χ1n) is 6.20. The molecule has 3 heteroatoms. The fourth-order valence-electron chi connectivity index (χ4n) is 1.82. The van der Waals surface area contributed by atoms with Crippen LogP contribution < -0.4 is 5.32 Å². The van der Waals surface area contributed by atoms with E-state index in [9.17, 15) is 0 Å². The molecule has 0 aliphatic rings. The van der Waals surface area contributed by atoms with Gasteiger partial charge in [-0.2, -0.15) is 0 Å². The highest BCUT2D eigenvalue weighted by Crippen LogP contribution is 2.13. The van der Waals surface area contributed by atoms with E-state index in [2.05, 4.69) is 48.4 Å². The molecule has 2 rings (SSSR count). The van der Waals surface area contributed by atoms with Crippen molar-refractivity contribution in [3.63, 3.8) is 0 Å². The van der Waals surface area contributed by atoms with Crippen LogP contribution in [0.2, 0.25) is 0 Å². The van der Waals surface area contributed by atoms with E-state index in [-0.39, 0.29) is 5.60 Å². The van der Waals surface area contributed by atoms with Crippen molar-refractivity contribution < 1.29 is 4.74 Å². The average Bonchev–Trinajstić information content (AvgIpc) is 2.38. The third-order valence-corrected chi connectivity index (χ3v) is 3.10. The van der Waals surface area contributed by atoms with Gasteiger partial charge in [0.15, 0.2) is 0 Å². The summed E-state index contributed by atoms with van der Waals surface area (Å²) in [4.78, 5) is 4.31. The first-order valence-corrected chi connectivity index (χ1v) is 6.20. The number of ether oxygens (including phenoxy) is 1. The quantitative estimate of drug-likeness (QED) is 0.878. The Balaban J connectivity index is 2.00. The number of rotatable bonds is 5. The van der Waals surface area contributed by atoms with Crippen LogP contribution in [0, 0.1) is 0 Å². The second kappa shape index (κ2) is 5.46. The normalized spacial score (nSPS) is 11.9. The lowest BCUT2D eigenvalue weighted by Crippen LogP contribution is -2.36. The zero-order chi connectivity index (χ0) is 13.0. The zero-order valence-electron chi connectivity index (χ0n) is 11.2. The molecule has 0 aliphatic heterocycles. The van der Waals surface area contributed by atoms with Gasteiger partial charge in [-0.05, 0) is 37.6 Å². The number of aromatic nitrogens is 1. The van der Waals surface area contributed by atoms with Crippen LogP contribution in [0.15, 0.2) is 36.5 Å². The third kappa shape index (κ3) is 3.28. The number of hydrogen-bond acceptors (Lipinski definition) is 3. The van der Waals surface area contributed by atoms with Crippen LogP contribution >= 0.6 is 0 Å². The van der Waals surface area contributed by atoms with Crippen molar-refractivity contribution >= 4 is 10.9 Å². The number of nitrogens with zero attached hydrogens (tertiary/aromatic N) is 1. The van der Waals surface area contributed by atoms with E-state index < -0.39 is 0 Å². The number of nitrogens with one attached hydrogen (secondary N) is 1. The van der Waals surface area contributed by atoms with Crippen molar-refractivity contribution in [1.82, 2.24) is 10.3 Å². The molecule has 0 bridgehead atoms. The van der Waals surface area contributed by atoms with Crippen molar-refractivity contribution in [2.24, 2.45) is 0 Å². The highest BCUT2D eigenvalue weighted by atomic mass is 16.5. The van der Waals surface area contributed by atoms with Gasteiger partial charge in [0.1, 0.15) is 0 Å². The van der Waals surface area contributed by atoms with E-state index >= 15 is 0 Å². The molecule has 2 aromatic rings. The van der Waals surface area contributed by atoms with E-state index in [1.54, 1.807) is 7.11 Å². The second-order valence-electron chi connectivity index (χ2n) is 5.10. The summed E-state index contributed by atoms with van der Waals surface area (Å²) in [5.74, 6) is 0. The summed E-state index contributed by atoms with van der Waals surface area (Å²) in [6.45, 7) is 5.82. The van der Waals surface area contributed by atoms with Crippen molar-refractivity contribution in [3.05, 3.63) is 42.1 Å². The molecule has 0 fully saturated rings. The van der Waals surface area contributed by atoms with Gasteiger partial charge in [0.05, 0.1) is 11.1 Å².